The van der Waals surface area contributed by atoms with E-state index in [1.54, 1.807) is 24.3 Å². The largest absolute Gasteiger partial charge is 0.339 e. The summed E-state index contributed by atoms with van der Waals surface area (Å²) in [6.45, 7) is 0. The number of aromatic nitrogens is 2. The van der Waals surface area contributed by atoms with Crippen LogP contribution in [0.3, 0.4) is 0 Å². The molecular formula is C13H13Cl2N5. The Morgan fingerprint density at radius 3 is 2.50 bits per heavy atom. The summed E-state index contributed by atoms with van der Waals surface area (Å²) in [7, 11) is 0. The Kier molecular flexibility index (Phi) is 3.65. The topological polar surface area (TPSA) is 75.9 Å². The molecule has 1 saturated carbocycles. The highest BCUT2D eigenvalue weighted by Gasteiger charge is 2.27. The van der Waals surface area contributed by atoms with Crippen LogP contribution in [0.25, 0.3) is 0 Å². The maximum atomic E-state index is 6.14. The summed E-state index contributed by atoms with van der Waals surface area (Å²) in [4.78, 5) is 8.84. The van der Waals surface area contributed by atoms with E-state index < -0.39 is 0 Å². The molecule has 1 aromatic heterocycles. The lowest BCUT2D eigenvalue weighted by atomic mass is 10.3. The number of hydrogen-bond donors (Lipinski definition) is 3. The van der Waals surface area contributed by atoms with E-state index in [9.17, 15) is 0 Å². The molecule has 4 N–H and O–H groups in total. The highest BCUT2D eigenvalue weighted by Crippen LogP contribution is 2.39. The van der Waals surface area contributed by atoms with Gasteiger partial charge in [-0.2, -0.15) is 0 Å². The number of nitrogens with one attached hydrogen (secondary N) is 2. The second-order valence-electron chi connectivity index (χ2n) is 4.66. The van der Waals surface area contributed by atoms with Gasteiger partial charge in [0.1, 0.15) is 17.5 Å². The van der Waals surface area contributed by atoms with Crippen molar-refractivity contribution in [2.75, 3.05) is 10.7 Å². The Morgan fingerprint density at radius 2 is 1.85 bits per heavy atom. The van der Waals surface area contributed by atoms with Crippen molar-refractivity contribution < 1.29 is 0 Å². The zero-order valence-corrected chi connectivity index (χ0v) is 12.0. The highest BCUT2D eigenvalue weighted by atomic mass is 35.5. The number of halogens is 2. The SMILES string of the molecule is NNc1cc(Nc2ccc(Cl)cc2Cl)nc(C2CC2)n1. The number of benzene rings is 1. The molecule has 0 aliphatic heterocycles. The Bertz CT molecular complexity index is 643. The molecule has 5 nitrogen and oxygen atoms in total. The van der Waals surface area contributed by atoms with Gasteiger partial charge in [-0.3, -0.25) is 0 Å². The zero-order chi connectivity index (χ0) is 14.1. The van der Waals surface area contributed by atoms with Crippen LogP contribution in [0.15, 0.2) is 24.3 Å². The number of rotatable bonds is 4. The van der Waals surface area contributed by atoms with E-state index in [4.69, 9.17) is 29.0 Å². The van der Waals surface area contributed by atoms with Crippen LogP contribution in [-0.2, 0) is 0 Å². The van der Waals surface area contributed by atoms with Gasteiger partial charge in [0.25, 0.3) is 0 Å². The van der Waals surface area contributed by atoms with Gasteiger partial charge in [-0.05, 0) is 31.0 Å². The number of nitrogen functional groups attached to an aromatic ring is 1. The van der Waals surface area contributed by atoms with Gasteiger partial charge in [-0.1, -0.05) is 23.2 Å². The van der Waals surface area contributed by atoms with Crippen molar-refractivity contribution in [1.82, 2.24) is 9.97 Å². The van der Waals surface area contributed by atoms with Crippen molar-refractivity contribution in [1.29, 1.82) is 0 Å². The minimum absolute atomic E-state index is 0.435. The van der Waals surface area contributed by atoms with Crippen molar-refractivity contribution in [3.8, 4) is 0 Å². The van der Waals surface area contributed by atoms with Crippen LogP contribution in [0.1, 0.15) is 24.6 Å². The van der Waals surface area contributed by atoms with E-state index in [0.717, 1.165) is 24.4 Å². The van der Waals surface area contributed by atoms with Gasteiger partial charge in [0.2, 0.25) is 0 Å². The molecule has 1 aliphatic carbocycles. The molecule has 1 fully saturated rings. The van der Waals surface area contributed by atoms with Crippen molar-refractivity contribution in [2.24, 2.45) is 5.84 Å². The normalized spacial score (nSPS) is 14.2. The summed E-state index contributed by atoms with van der Waals surface area (Å²) in [5, 5.41) is 4.28. The number of anilines is 3. The summed E-state index contributed by atoms with van der Waals surface area (Å²) >= 11 is 12.0. The van der Waals surface area contributed by atoms with Crippen LogP contribution in [0.5, 0.6) is 0 Å². The van der Waals surface area contributed by atoms with Crippen LogP contribution < -0.4 is 16.6 Å². The smallest absolute Gasteiger partial charge is 0.145 e. The standard InChI is InChI=1S/C13H13Cl2N5/c14-8-3-4-10(9(15)5-8)17-11-6-12(20-16)19-13(18-11)7-1-2-7/h3-7H,1-2,16H2,(H2,17,18,19,20). The van der Waals surface area contributed by atoms with Gasteiger partial charge in [0.05, 0.1) is 10.7 Å². The molecule has 7 heteroatoms. The Labute approximate surface area is 126 Å². The third-order valence-electron chi connectivity index (χ3n) is 3.03. The van der Waals surface area contributed by atoms with E-state index >= 15 is 0 Å². The predicted octanol–water partition coefficient (Wildman–Crippen LogP) is 3.69. The van der Waals surface area contributed by atoms with Crippen LogP contribution in [0.4, 0.5) is 17.3 Å². The number of hydrazine groups is 1. The first kappa shape index (κ1) is 13.4. The van der Waals surface area contributed by atoms with E-state index in [1.165, 1.54) is 0 Å². The summed E-state index contributed by atoms with van der Waals surface area (Å²) in [5.74, 6) is 7.90. The van der Waals surface area contributed by atoms with Gasteiger partial charge in [-0.25, -0.2) is 15.8 Å². The zero-order valence-electron chi connectivity index (χ0n) is 10.5. The van der Waals surface area contributed by atoms with Gasteiger partial charge < -0.3 is 10.7 Å². The molecule has 0 spiro atoms. The third-order valence-corrected chi connectivity index (χ3v) is 3.58. The molecule has 2 aromatic rings. The van der Waals surface area contributed by atoms with E-state index in [1.807, 2.05) is 0 Å². The summed E-state index contributed by atoms with van der Waals surface area (Å²) in [6, 6.07) is 6.98. The summed E-state index contributed by atoms with van der Waals surface area (Å²) in [6.07, 6.45) is 2.24. The van der Waals surface area contributed by atoms with E-state index in [-0.39, 0.29) is 0 Å². The lowest BCUT2D eigenvalue weighted by Gasteiger charge is -2.10. The molecule has 1 heterocycles. The first-order chi connectivity index (χ1) is 9.65. The van der Waals surface area contributed by atoms with Crippen molar-refractivity contribution >= 4 is 40.5 Å². The van der Waals surface area contributed by atoms with Crippen LogP contribution in [0, 0.1) is 0 Å². The molecule has 104 valence electrons. The lowest BCUT2D eigenvalue weighted by molar-refractivity contribution is 0.929. The molecule has 3 rings (SSSR count). The third kappa shape index (κ3) is 2.95. The van der Waals surface area contributed by atoms with Crippen LogP contribution in [-0.4, -0.2) is 9.97 Å². The maximum absolute atomic E-state index is 6.14. The average Bonchev–Trinajstić information content (AvgIpc) is 3.26. The van der Waals surface area contributed by atoms with E-state index in [0.29, 0.717) is 27.6 Å². The second kappa shape index (κ2) is 5.44. The minimum atomic E-state index is 0.435. The van der Waals surface area contributed by atoms with Gasteiger partial charge >= 0.3 is 0 Å². The lowest BCUT2D eigenvalue weighted by Crippen LogP contribution is -2.11. The maximum Gasteiger partial charge on any atom is 0.145 e. The predicted molar refractivity (Wildman–Crippen MR) is 81.6 cm³/mol. The Hall–Kier alpha value is -1.56. The van der Waals surface area contributed by atoms with Crippen LogP contribution >= 0.6 is 23.2 Å². The molecule has 20 heavy (non-hydrogen) atoms. The summed E-state index contributed by atoms with van der Waals surface area (Å²) < 4.78 is 0. The Balaban J connectivity index is 1.91. The van der Waals surface area contributed by atoms with Gasteiger partial charge in [0, 0.05) is 17.0 Å². The van der Waals surface area contributed by atoms with Gasteiger partial charge in [-0.15, -0.1) is 0 Å². The number of nitrogens with two attached hydrogens (primary N) is 1. The molecular weight excluding hydrogens is 297 g/mol. The fourth-order valence-electron chi connectivity index (χ4n) is 1.86. The number of hydrogen-bond acceptors (Lipinski definition) is 5. The fraction of sp³-hybridized carbons (Fsp3) is 0.231. The minimum Gasteiger partial charge on any atom is -0.339 e. The Morgan fingerprint density at radius 1 is 1.10 bits per heavy atom. The van der Waals surface area contributed by atoms with Crippen molar-refractivity contribution in [2.45, 2.75) is 18.8 Å². The van der Waals surface area contributed by atoms with Crippen molar-refractivity contribution in [3.05, 3.63) is 40.1 Å². The average molecular weight is 310 g/mol. The summed E-state index contributed by atoms with van der Waals surface area (Å²) in [5.41, 5.74) is 3.29. The highest BCUT2D eigenvalue weighted by molar-refractivity contribution is 6.36. The van der Waals surface area contributed by atoms with Crippen molar-refractivity contribution in [3.63, 3.8) is 0 Å². The second-order valence-corrected chi connectivity index (χ2v) is 5.51. The molecule has 1 aromatic carbocycles. The molecule has 0 amide bonds. The van der Waals surface area contributed by atoms with Crippen LogP contribution in [0.2, 0.25) is 10.0 Å². The van der Waals surface area contributed by atoms with E-state index in [2.05, 4.69) is 20.7 Å². The molecule has 0 radical (unpaired) electrons. The fourth-order valence-corrected chi connectivity index (χ4v) is 2.31. The number of nitrogens with zero attached hydrogens (tertiary/aromatic N) is 2. The molecule has 0 unspecified atom stereocenters. The monoisotopic (exact) mass is 309 g/mol. The first-order valence-corrected chi connectivity index (χ1v) is 6.99. The quantitative estimate of drug-likeness (QED) is 0.593. The molecule has 0 bridgehead atoms. The molecule has 0 atom stereocenters. The first-order valence-electron chi connectivity index (χ1n) is 6.23. The molecule has 0 saturated heterocycles. The van der Waals surface area contributed by atoms with Gasteiger partial charge in [0.15, 0.2) is 0 Å². The molecule has 1 aliphatic rings.